The van der Waals surface area contributed by atoms with E-state index in [0.717, 1.165) is 16.9 Å². The van der Waals surface area contributed by atoms with Crippen LogP contribution in [0.1, 0.15) is 11.1 Å². The molecule has 0 atom stereocenters. The Morgan fingerprint density at radius 3 is 2.56 bits per heavy atom. The third-order valence-electron chi connectivity index (χ3n) is 2.22. The summed E-state index contributed by atoms with van der Waals surface area (Å²) < 4.78 is 5.57. The Kier molecular flexibility index (Phi) is 4.79. The number of carbonyl (C=O) groups is 1. The third-order valence-corrected chi connectivity index (χ3v) is 2.22. The van der Waals surface area contributed by atoms with Gasteiger partial charge in [0.25, 0.3) is 0 Å². The van der Waals surface area contributed by atoms with Gasteiger partial charge in [-0.05, 0) is 25.0 Å². The summed E-state index contributed by atoms with van der Waals surface area (Å²) in [5.74, 6) is 0.478. The van der Waals surface area contributed by atoms with E-state index in [9.17, 15) is 4.79 Å². The van der Waals surface area contributed by atoms with Crippen molar-refractivity contribution in [2.45, 2.75) is 13.8 Å². The first-order chi connectivity index (χ1) is 7.65. The smallest absolute Gasteiger partial charge is 0.245 e. The molecular formula is C12H17NO3. The molecule has 88 valence electrons. The van der Waals surface area contributed by atoms with Crippen molar-refractivity contribution < 1.29 is 14.6 Å². The zero-order valence-corrected chi connectivity index (χ0v) is 9.62. The maximum absolute atomic E-state index is 10.7. The highest BCUT2D eigenvalue weighted by Gasteiger charge is 2.03. The number of rotatable bonds is 5. The molecule has 16 heavy (non-hydrogen) atoms. The molecule has 1 amide bonds. The van der Waals surface area contributed by atoms with Crippen molar-refractivity contribution in [3.05, 3.63) is 29.3 Å². The van der Waals surface area contributed by atoms with E-state index in [2.05, 4.69) is 5.32 Å². The normalized spacial score (nSPS) is 9.94. The first-order valence-electron chi connectivity index (χ1n) is 5.21. The molecule has 0 aliphatic carbocycles. The number of para-hydroxylation sites is 1. The van der Waals surface area contributed by atoms with Crippen molar-refractivity contribution >= 4 is 5.91 Å². The van der Waals surface area contributed by atoms with E-state index in [1.165, 1.54) is 0 Å². The van der Waals surface area contributed by atoms with Crippen LogP contribution in [0.25, 0.3) is 0 Å². The van der Waals surface area contributed by atoms with Crippen molar-refractivity contribution in [2.75, 3.05) is 19.8 Å². The number of hydrogen-bond acceptors (Lipinski definition) is 3. The molecule has 0 fully saturated rings. The summed E-state index contributed by atoms with van der Waals surface area (Å²) in [5.41, 5.74) is 2.15. The molecule has 0 heterocycles. The van der Waals surface area contributed by atoms with Crippen molar-refractivity contribution in [1.29, 1.82) is 0 Å². The number of aryl methyl sites for hydroxylation is 2. The molecule has 0 aromatic heterocycles. The van der Waals surface area contributed by atoms with E-state index < -0.39 is 6.61 Å². The van der Waals surface area contributed by atoms with Crippen LogP contribution >= 0.6 is 0 Å². The predicted molar refractivity (Wildman–Crippen MR) is 61.5 cm³/mol. The van der Waals surface area contributed by atoms with Gasteiger partial charge in [-0.1, -0.05) is 18.2 Å². The number of amides is 1. The molecular weight excluding hydrogens is 206 g/mol. The minimum absolute atomic E-state index is 0.384. The van der Waals surface area contributed by atoms with Crippen LogP contribution in [-0.4, -0.2) is 30.8 Å². The van der Waals surface area contributed by atoms with Crippen LogP contribution < -0.4 is 10.1 Å². The van der Waals surface area contributed by atoms with Crippen LogP contribution in [0, 0.1) is 13.8 Å². The van der Waals surface area contributed by atoms with Gasteiger partial charge in [-0.2, -0.15) is 0 Å². The van der Waals surface area contributed by atoms with Crippen molar-refractivity contribution in [2.24, 2.45) is 0 Å². The second-order valence-electron chi connectivity index (χ2n) is 3.58. The lowest BCUT2D eigenvalue weighted by Gasteiger charge is -2.11. The third kappa shape index (κ3) is 3.55. The van der Waals surface area contributed by atoms with Crippen LogP contribution in [0.2, 0.25) is 0 Å². The zero-order chi connectivity index (χ0) is 12.0. The average molecular weight is 223 g/mol. The fourth-order valence-electron chi connectivity index (χ4n) is 1.43. The Balaban J connectivity index is 2.40. The Hall–Kier alpha value is -1.55. The van der Waals surface area contributed by atoms with Gasteiger partial charge in [0.15, 0.2) is 0 Å². The van der Waals surface area contributed by atoms with Crippen molar-refractivity contribution in [1.82, 2.24) is 5.32 Å². The highest BCUT2D eigenvalue weighted by Crippen LogP contribution is 2.21. The minimum atomic E-state index is -0.483. The van der Waals surface area contributed by atoms with Gasteiger partial charge in [0.05, 0.1) is 6.54 Å². The molecule has 0 saturated carbocycles. The Morgan fingerprint density at radius 1 is 1.38 bits per heavy atom. The highest BCUT2D eigenvalue weighted by atomic mass is 16.5. The topological polar surface area (TPSA) is 58.6 Å². The summed E-state index contributed by atoms with van der Waals surface area (Å²) in [6.07, 6.45) is 0. The van der Waals surface area contributed by atoms with Gasteiger partial charge in [0.2, 0.25) is 5.91 Å². The zero-order valence-electron chi connectivity index (χ0n) is 9.62. The molecule has 0 spiro atoms. The second-order valence-corrected chi connectivity index (χ2v) is 3.58. The maximum Gasteiger partial charge on any atom is 0.245 e. The standard InChI is InChI=1S/C12H17NO3/c1-9-4-3-5-10(2)12(9)16-7-6-13-11(15)8-14/h3-5,14H,6-8H2,1-2H3,(H,13,15). The van der Waals surface area contributed by atoms with E-state index in [1.54, 1.807) is 0 Å². The van der Waals surface area contributed by atoms with Crippen LogP contribution in [-0.2, 0) is 4.79 Å². The molecule has 0 radical (unpaired) electrons. The average Bonchev–Trinajstić information content (AvgIpc) is 2.27. The van der Waals surface area contributed by atoms with Gasteiger partial charge < -0.3 is 15.2 Å². The molecule has 4 nitrogen and oxygen atoms in total. The summed E-state index contributed by atoms with van der Waals surface area (Å²) in [4.78, 5) is 10.7. The molecule has 0 aliphatic heterocycles. The molecule has 0 bridgehead atoms. The molecule has 0 unspecified atom stereocenters. The first kappa shape index (κ1) is 12.5. The number of ether oxygens (including phenoxy) is 1. The second kappa shape index (κ2) is 6.12. The van der Waals surface area contributed by atoms with Gasteiger partial charge in [-0.25, -0.2) is 0 Å². The number of carbonyl (C=O) groups excluding carboxylic acids is 1. The lowest BCUT2D eigenvalue weighted by molar-refractivity contribution is -0.123. The molecule has 0 saturated heterocycles. The first-order valence-corrected chi connectivity index (χ1v) is 5.21. The quantitative estimate of drug-likeness (QED) is 0.726. The lowest BCUT2D eigenvalue weighted by Crippen LogP contribution is -2.30. The van der Waals surface area contributed by atoms with Crippen LogP contribution in [0.15, 0.2) is 18.2 Å². The Bertz CT molecular complexity index is 343. The summed E-state index contributed by atoms with van der Waals surface area (Å²) in [6.45, 7) is 4.28. The van der Waals surface area contributed by atoms with E-state index in [4.69, 9.17) is 9.84 Å². The summed E-state index contributed by atoms with van der Waals surface area (Å²) in [7, 11) is 0. The van der Waals surface area contributed by atoms with E-state index in [-0.39, 0.29) is 5.91 Å². The highest BCUT2D eigenvalue weighted by molar-refractivity contribution is 5.76. The van der Waals surface area contributed by atoms with E-state index in [1.807, 2.05) is 32.0 Å². The van der Waals surface area contributed by atoms with Crippen molar-refractivity contribution in [3.63, 3.8) is 0 Å². The molecule has 1 aromatic rings. The number of hydrogen-bond donors (Lipinski definition) is 2. The fraction of sp³-hybridized carbons (Fsp3) is 0.417. The number of nitrogens with one attached hydrogen (secondary N) is 1. The van der Waals surface area contributed by atoms with Crippen molar-refractivity contribution in [3.8, 4) is 5.75 Å². The van der Waals surface area contributed by atoms with E-state index in [0.29, 0.717) is 13.2 Å². The Morgan fingerprint density at radius 2 is 2.00 bits per heavy atom. The van der Waals surface area contributed by atoms with Crippen LogP contribution in [0.5, 0.6) is 5.75 Å². The predicted octanol–water partition coefficient (Wildman–Crippen LogP) is 0.791. The van der Waals surface area contributed by atoms with Gasteiger partial charge in [-0.15, -0.1) is 0 Å². The molecule has 2 N–H and O–H groups in total. The van der Waals surface area contributed by atoms with Gasteiger partial charge in [0.1, 0.15) is 19.0 Å². The summed E-state index contributed by atoms with van der Waals surface area (Å²) >= 11 is 0. The van der Waals surface area contributed by atoms with Gasteiger partial charge in [-0.3, -0.25) is 4.79 Å². The molecule has 1 aromatic carbocycles. The van der Waals surface area contributed by atoms with Gasteiger partial charge in [0, 0.05) is 0 Å². The van der Waals surface area contributed by atoms with Crippen LogP contribution in [0.4, 0.5) is 0 Å². The molecule has 0 aliphatic rings. The minimum Gasteiger partial charge on any atom is -0.491 e. The number of aliphatic hydroxyl groups is 1. The number of aliphatic hydroxyl groups excluding tert-OH is 1. The summed E-state index contributed by atoms with van der Waals surface area (Å²) in [5, 5.41) is 11.0. The monoisotopic (exact) mass is 223 g/mol. The molecule has 1 rings (SSSR count). The molecule has 4 heteroatoms. The number of benzene rings is 1. The maximum atomic E-state index is 10.7. The van der Waals surface area contributed by atoms with Crippen LogP contribution in [0.3, 0.4) is 0 Å². The van der Waals surface area contributed by atoms with Gasteiger partial charge >= 0.3 is 0 Å². The summed E-state index contributed by atoms with van der Waals surface area (Å²) in [6, 6.07) is 5.94. The largest absolute Gasteiger partial charge is 0.491 e. The fourth-order valence-corrected chi connectivity index (χ4v) is 1.43. The lowest BCUT2D eigenvalue weighted by atomic mass is 10.1. The Labute approximate surface area is 95.2 Å². The SMILES string of the molecule is Cc1cccc(C)c1OCCNC(=O)CO. The van der Waals surface area contributed by atoms with E-state index >= 15 is 0 Å².